The van der Waals surface area contributed by atoms with Crippen molar-refractivity contribution in [2.24, 2.45) is 5.10 Å². The zero-order chi connectivity index (χ0) is 13.7. The van der Waals surface area contributed by atoms with E-state index in [0.717, 1.165) is 5.56 Å². The maximum absolute atomic E-state index is 11.8. The Labute approximate surface area is 116 Å². The molecule has 0 aliphatic rings. The summed E-state index contributed by atoms with van der Waals surface area (Å²) in [4.78, 5) is 15.7. The van der Waals surface area contributed by atoms with Gasteiger partial charge in [0, 0.05) is 28.5 Å². The minimum absolute atomic E-state index is 0.273. The molecule has 0 saturated carbocycles. The fourth-order valence-electron chi connectivity index (χ4n) is 1.46. The highest BCUT2D eigenvalue weighted by atomic mass is 35.5. The summed E-state index contributed by atoms with van der Waals surface area (Å²) >= 11 is 5.76. The molecule has 1 heterocycles. The molecule has 1 amide bonds. The number of amides is 1. The van der Waals surface area contributed by atoms with Crippen molar-refractivity contribution < 1.29 is 4.79 Å². The Balaban J connectivity index is 2.06. The fourth-order valence-corrected chi connectivity index (χ4v) is 1.58. The van der Waals surface area contributed by atoms with Crippen molar-refractivity contribution in [1.29, 1.82) is 0 Å². The van der Waals surface area contributed by atoms with E-state index in [1.807, 2.05) is 19.1 Å². The molecule has 0 fully saturated rings. The zero-order valence-electron chi connectivity index (χ0n) is 10.3. The molecule has 2 aromatic rings. The van der Waals surface area contributed by atoms with Crippen LogP contribution in [0, 0.1) is 0 Å². The van der Waals surface area contributed by atoms with Crippen molar-refractivity contribution >= 4 is 23.2 Å². The number of hydrogen-bond donors (Lipinski definition) is 1. The van der Waals surface area contributed by atoms with Gasteiger partial charge in [-0.25, -0.2) is 5.43 Å². The highest BCUT2D eigenvalue weighted by molar-refractivity contribution is 6.30. The Morgan fingerprint density at radius 1 is 1.11 bits per heavy atom. The van der Waals surface area contributed by atoms with Crippen molar-refractivity contribution in [3.63, 3.8) is 0 Å². The minimum Gasteiger partial charge on any atom is -0.267 e. The van der Waals surface area contributed by atoms with Gasteiger partial charge in [0.15, 0.2) is 0 Å². The molecule has 1 aromatic heterocycles. The molecule has 4 nitrogen and oxygen atoms in total. The van der Waals surface area contributed by atoms with Crippen LogP contribution in [-0.4, -0.2) is 16.6 Å². The summed E-state index contributed by atoms with van der Waals surface area (Å²) in [6, 6.07) is 10.3. The predicted molar refractivity (Wildman–Crippen MR) is 75.4 cm³/mol. The minimum atomic E-state index is -0.273. The van der Waals surface area contributed by atoms with Crippen molar-refractivity contribution in [2.75, 3.05) is 0 Å². The summed E-state index contributed by atoms with van der Waals surface area (Å²) in [5.41, 5.74) is 4.63. The van der Waals surface area contributed by atoms with E-state index in [0.29, 0.717) is 16.3 Å². The zero-order valence-corrected chi connectivity index (χ0v) is 11.1. The Morgan fingerprint density at radius 3 is 2.37 bits per heavy atom. The van der Waals surface area contributed by atoms with E-state index in [9.17, 15) is 4.79 Å². The summed E-state index contributed by atoms with van der Waals surface area (Å²) in [5.74, 6) is -0.273. The molecule has 0 spiro atoms. The lowest BCUT2D eigenvalue weighted by molar-refractivity contribution is 0.0955. The number of halogens is 1. The third-order valence-corrected chi connectivity index (χ3v) is 2.78. The third kappa shape index (κ3) is 3.63. The molecule has 1 N–H and O–H groups in total. The molecule has 0 atom stereocenters. The van der Waals surface area contributed by atoms with E-state index >= 15 is 0 Å². The molecule has 0 unspecified atom stereocenters. The quantitative estimate of drug-likeness (QED) is 0.690. The van der Waals surface area contributed by atoms with Crippen LogP contribution in [-0.2, 0) is 0 Å². The predicted octanol–water partition coefficient (Wildman–Crippen LogP) is 2.89. The second-order valence-corrected chi connectivity index (χ2v) is 4.32. The monoisotopic (exact) mass is 273 g/mol. The fraction of sp³-hybridized carbons (Fsp3) is 0.0714. The molecule has 0 aliphatic carbocycles. The van der Waals surface area contributed by atoms with Gasteiger partial charge >= 0.3 is 0 Å². The lowest BCUT2D eigenvalue weighted by Crippen LogP contribution is -2.19. The second kappa shape index (κ2) is 6.11. The van der Waals surface area contributed by atoms with E-state index in [1.165, 1.54) is 0 Å². The summed E-state index contributed by atoms with van der Waals surface area (Å²) < 4.78 is 0. The average molecular weight is 274 g/mol. The van der Waals surface area contributed by atoms with Crippen molar-refractivity contribution in [2.45, 2.75) is 6.92 Å². The van der Waals surface area contributed by atoms with Crippen LogP contribution in [0.4, 0.5) is 0 Å². The summed E-state index contributed by atoms with van der Waals surface area (Å²) in [6.07, 6.45) is 3.35. The number of carbonyl (C=O) groups is 1. The molecule has 0 bridgehead atoms. The van der Waals surface area contributed by atoms with Gasteiger partial charge < -0.3 is 0 Å². The van der Waals surface area contributed by atoms with Crippen molar-refractivity contribution in [3.8, 4) is 0 Å². The van der Waals surface area contributed by atoms with E-state index in [-0.39, 0.29) is 5.91 Å². The normalized spacial score (nSPS) is 11.2. The Kier molecular flexibility index (Phi) is 4.26. The molecule has 96 valence electrons. The van der Waals surface area contributed by atoms with Gasteiger partial charge in [-0.2, -0.15) is 5.10 Å². The van der Waals surface area contributed by atoms with Gasteiger partial charge in [-0.3, -0.25) is 9.78 Å². The van der Waals surface area contributed by atoms with Gasteiger partial charge in [0.05, 0.1) is 5.71 Å². The first-order chi connectivity index (χ1) is 9.16. The van der Waals surface area contributed by atoms with Crippen molar-refractivity contribution in [1.82, 2.24) is 10.4 Å². The van der Waals surface area contributed by atoms with Crippen LogP contribution in [0.2, 0.25) is 5.02 Å². The first-order valence-electron chi connectivity index (χ1n) is 5.67. The molecule has 0 aliphatic heterocycles. The average Bonchev–Trinajstić information content (AvgIpc) is 2.46. The molecule has 5 heteroatoms. The van der Waals surface area contributed by atoms with Crippen LogP contribution >= 0.6 is 11.6 Å². The molecule has 0 saturated heterocycles. The Hall–Kier alpha value is -2.20. The van der Waals surface area contributed by atoms with Gasteiger partial charge in [0.1, 0.15) is 0 Å². The molecule has 19 heavy (non-hydrogen) atoms. The maximum atomic E-state index is 11.8. The first-order valence-corrected chi connectivity index (χ1v) is 6.05. The molecule has 1 aromatic carbocycles. The summed E-state index contributed by atoms with van der Waals surface area (Å²) in [6.45, 7) is 1.82. The lowest BCUT2D eigenvalue weighted by Gasteiger charge is -2.02. The van der Waals surface area contributed by atoms with Crippen LogP contribution in [0.3, 0.4) is 0 Å². The highest BCUT2D eigenvalue weighted by Crippen LogP contribution is 2.09. The van der Waals surface area contributed by atoms with Crippen LogP contribution in [0.15, 0.2) is 53.9 Å². The first kappa shape index (κ1) is 13.2. The smallest absolute Gasteiger partial charge is 0.267 e. The van der Waals surface area contributed by atoms with Gasteiger partial charge in [0.25, 0.3) is 5.91 Å². The maximum Gasteiger partial charge on any atom is 0.271 e. The van der Waals surface area contributed by atoms with Crippen molar-refractivity contribution in [3.05, 3.63) is 64.9 Å². The molecular weight excluding hydrogens is 262 g/mol. The van der Waals surface area contributed by atoms with Crippen LogP contribution < -0.4 is 5.43 Å². The lowest BCUT2D eigenvalue weighted by atomic mass is 10.2. The van der Waals surface area contributed by atoms with Crippen LogP contribution in [0.1, 0.15) is 22.8 Å². The number of aromatic nitrogens is 1. The van der Waals surface area contributed by atoms with Gasteiger partial charge in [-0.05, 0) is 43.3 Å². The summed E-state index contributed by atoms with van der Waals surface area (Å²) in [7, 11) is 0. The number of carbonyl (C=O) groups excluding carboxylic acids is 1. The van der Waals surface area contributed by atoms with E-state index in [1.54, 1.807) is 36.7 Å². The van der Waals surface area contributed by atoms with E-state index < -0.39 is 0 Å². The number of benzene rings is 1. The topological polar surface area (TPSA) is 54.4 Å². The van der Waals surface area contributed by atoms with Crippen LogP contribution in [0.25, 0.3) is 0 Å². The number of hydrogen-bond acceptors (Lipinski definition) is 3. The molecule has 2 rings (SSSR count). The van der Waals surface area contributed by atoms with Crippen LogP contribution in [0.5, 0.6) is 0 Å². The number of hydrazone groups is 1. The van der Waals surface area contributed by atoms with Gasteiger partial charge in [0.2, 0.25) is 0 Å². The number of nitrogens with one attached hydrogen (secondary N) is 1. The number of pyridine rings is 1. The van der Waals surface area contributed by atoms with Gasteiger partial charge in [-0.15, -0.1) is 0 Å². The largest absolute Gasteiger partial charge is 0.271 e. The Morgan fingerprint density at radius 2 is 1.74 bits per heavy atom. The van der Waals surface area contributed by atoms with Gasteiger partial charge in [-0.1, -0.05) is 11.6 Å². The number of rotatable bonds is 3. The molecule has 0 radical (unpaired) electrons. The SMILES string of the molecule is CC(=NNC(=O)c1ccc(Cl)cc1)c1ccncc1. The Bertz CT molecular complexity index is 594. The highest BCUT2D eigenvalue weighted by Gasteiger charge is 2.04. The molecular formula is C14H12ClN3O. The number of nitrogens with zero attached hydrogens (tertiary/aromatic N) is 2. The standard InChI is InChI=1S/C14H12ClN3O/c1-10(11-6-8-16-9-7-11)17-18-14(19)12-2-4-13(15)5-3-12/h2-9H,1H3,(H,18,19). The second-order valence-electron chi connectivity index (χ2n) is 3.88. The summed E-state index contributed by atoms with van der Waals surface area (Å²) in [5, 5.41) is 4.64. The van der Waals surface area contributed by atoms with E-state index in [2.05, 4.69) is 15.5 Å². The third-order valence-electron chi connectivity index (χ3n) is 2.53. The van der Waals surface area contributed by atoms with E-state index in [4.69, 9.17) is 11.6 Å².